The van der Waals surface area contributed by atoms with Gasteiger partial charge in [0.05, 0.1) is 17.0 Å². The maximum Gasteiger partial charge on any atom is 0.157 e. The van der Waals surface area contributed by atoms with Gasteiger partial charge in [0, 0.05) is 12.0 Å². The van der Waals surface area contributed by atoms with Crippen LogP contribution >= 0.6 is 11.3 Å². The van der Waals surface area contributed by atoms with E-state index in [0.29, 0.717) is 0 Å². The minimum atomic E-state index is -3.43. The molecule has 4 nitrogen and oxygen atoms in total. The van der Waals surface area contributed by atoms with E-state index in [4.69, 9.17) is 5.11 Å². The van der Waals surface area contributed by atoms with E-state index in [0.717, 1.165) is 23.5 Å². The highest BCUT2D eigenvalue weighted by Gasteiger charge is 2.20. The minimum absolute atomic E-state index is 0.0843. The molecule has 0 amide bonds. The second kappa shape index (κ2) is 6.80. The Kier molecular flexibility index (Phi) is 5.25. The van der Waals surface area contributed by atoms with Crippen LogP contribution in [0.1, 0.15) is 11.9 Å². The van der Waals surface area contributed by atoms with Crippen LogP contribution in [0.15, 0.2) is 23.6 Å². The van der Waals surface area contributed by atoms with E-state index in [9.17, 15) is 17.2 Å². The molecule has 22 heavy (non-hydrogen) atoms. The first kappa shape index (κ1) is 17.0. The molecule has 2 aromatic rings. The molecule has 0 aliphatic heterocycles. The number of nitrogens with zero attached hydrogens (tertiary/aromatic N) is 1. The van der Waals surface area contributed by atoms with Crippen LogP contribution in [0.4, 0.5) is 8.78 Å². The molecule has 2 rings (SSSR count). The van der Waals surface area contributed by atoms with Crippen LogP contribution in [-0.4, -0.2) is 30.9 Å². The Hall–Kier alpha value is -1.38. The van der Waals surface area contributed by atoms with Crippen molar-refractivity contribution in [3.05, 3.63) is 40.2 Å². The number of hydrogen-bond acceptors (Lipinski definition) is 5. The van der Waals surface area contributed by atoms with Crippen molar-refractivity contribution >= 4 is 21.2 Å². The standard InChI is InChI=1S/C14H15F2NO3S2/c1-9(5-18)7-22(19,20)8-13-17-12(6-21-13)14-10(15)3-2-4-11(14)16/h2-4,6,9,18H,5,7-8H2,1H3/t9-/m1/s1. The number of benzene rings is 1. The quantitative estimate of drug-likeness (QED) is 0.872. The molecule has 0 bridgehead atoms. The fourth-order valence-electron chi connectivity index (χ4n) is 1.97. The summed E-state index contributed by atoms with van der Waals surface area (Å²) in [5.41, 5.74) is -0.174. The van der Waals surface area contributed by atoms with Crippen LogP contribution in [0.2, 0.25) is 0 Å². The molecule has 1 aromatic heterocycles. The van der Waals surface area contributed by atoms with Crippen molar-refractivity contribution in [3.8, 4) is 11.3 Å². The summed E-state index contributed by atoms with van der Waals surface area (Å²) >= 11 is 1.04. The average Bonchev–Trinajstić information content (AvgIpc) is 2.85. The fraction of sp³-hybridized carbons (Fsp3) is 0.357. The van der Waals surface area contributed by atoms with E-state index in [2.05, 4.69) is 4.98 Å². The normalized spacial score (nSPS) is 13.3. The lowest BCUT2D eigenvalue weighted by atomic mass is 10.1. The summed E-state index contributed by atoms with van der Waals surface area (Å²) < 4.78 is 51.3. The Bertz CT molecular complexity index is 739. The molecule has 120 valence electrons. The van der Waals surface area contributed by atoms with Crippen LogP contribution < -0.4 is 0 Å². The smallest absolute Gasteiger partial charge is 0.157 e. The number of aromatic nitrogens is 1. The van der Waals surface area contributed by atoms with Crippen LogP contribution in [0, 0.1) is 17.6 Å². The molecule has 0 saturated heterocycles. The van der Waals surface area contributed by atoms with E-state index in [1.807, 2.05) is 0 Å². The van der Waals surface area contributed by atoms with E-state index < -0.39 is 21.5 Å². The van der Waals surface area contributed by atoms with Gasteiger partial charge in [0.15, 0.2) is 9.84 Å². The van der Waals surface area contributed by atoms with Gasteiger partial charge in [0.25, 0.3) is 0 Å². The molecule has 0 aliphatic carbocycles. The first-order valence-corrected chi connectivity index (χ1v) is 9.22. The van der Waals surface area contributed by atoms with E-state index in [1.165, 1.54) is 11.4 Å². The molecule has 0 saturated carbocycles. The van der Waals surface area contributed by atoms with Crippen molar-refractivity contribution in [2.24, 2.45) is 5.92 Å². The molecule has 0 radical (unpaired) electrons. The van der Waals surface area contributed by atoms with Crippen LogP contribution in [0.5, 0.6) is 0 Å². The first-order valence-electron chi connectivity index (χ1n) is 6.52. The van der Waals surface area contributed by atoms with Crippen molar-refractivity contribution < 1.29 is 22.3 Å². The molecular formula is C14H15F2NO3S2. The van der Waals surface area contributed by atoms with Crippen molar-refractivity contribution in [2.45, 2.75) is 12.7 Å². The highest BCUT2D eigenvalue weighted by atomic mass is 32.2. The third-order valence-electron chi connectivity index (χ3n) is 2.96. The molecule has 8 heteroatoms. The van der Waals surface area contributed by atoms with Gasteiger partial charge in [-0.3, -0.25) is 0 Å². The third kappa shape index (κ3) is 4.08. The van der Waals surface area contributed by atoms with Crippen LogP contribution in [-0.2, 0) is 15.6 Å². The van der Waals surface area contributed by atoms with E-state index >= 15 is 0 Å². The number of rotatable bonds is 6. The first-order chi connectivity index (χ1) is 10.3. The van der Waals surface area contributed by atoms with Gasteiger partial charge in [0.1, 0.15) is 22.4 Å². The minimum Gasteiger partial charge on any atom is -0.396 e. The summed E-state index contributed by atoms with van der Waals surface area (Å²) in [4.78, 5) is 4.02. The molecule has 1 aromatic carbocycles. The van der Waals surface area contributed by atoms with Gasteiger partial charge < -0.3 is 5.11 Å². The zero-order chi connectivity index (χ0) is 16.3. The summed E-state index contributed by atoms with van der Waals surface area (Å²) in [7, 11) is -3.43. The van der Waals surface area contributed by atoms with Crippen molar-refractivity contribution in [1.82, 2.24) is 4.98 Å². The fourth-order valence-corrected chi connectivity index (χ4v) is 4.88. The zero-order valence-electron chi connectivity index (χ0n) is 11.8. The molecule has 1 atom stereocenters. The predicted octanol–water partition coefficient (Wildman–Crippen LogP) is 2.63. The van der Waals surface area contributed by atoms with Gasteiger partial charge in [-0.05, 0) is 18.1 Å². The molecule has 0 spiro atoms. The Morgan fingerprint density at radius 2 is 1.95 bits per heavy atom. The lowest BCUT2D eigenvalue weighted by Gasteiger charge is -2.07. The lowest BCUT2D eigenvalue weighted by Crippen LogP contribution is -2.18. The number of hydrogen-bond donors (Lipinski definition) is 1. The second-order valence-electron chi connectivity index (χ2n) is 5.07. The monoisotopic (exact) mass is 347 g/mol. The Labute approximate surface area is 131 Å². The van der Waals surface area contributed by atoms with Gasteiger partial charge >= 0.3 is 0 Å². The van der Waals surface area contributed by atoms with Crippen LogP contribution in [0.3, 0.4) is 0 Å². The molecule has 0 unspecified atom stereocenters. The second-order valence-corrected chi connectivity index (χ2v) is 8.12. The van der Waals surface area contributed by atoms with Gasteiger partial charge in [0.2, 0.25) is 0 Å². The Morgan fingerprint density at radius 1 is 1.32 bits per heavy atom. The zero-order valence-corrected chi connectivity index (χ0v) is 13.4. The number of sulfone groups is 1. The van der Waals surface area contributed by atoms with Crippen molar-refractivity contribution in [1.29, 1.82) is 0 Å². The highest BCUT2D eigenvalue weighted by Crippen LogP contribution is 2.28. The number of aliphatic hydroxyl groups excluding tert-OH is 1. The SMILES string of the molecule is C[C@H](CO)CS(=O)(=O)Cc1nc(-c2c(F)cccc2F)cs1. The molecule has 1 heterocycles. The van der Waals surface area contributed by atoms with Gasteiger partial charge in [-0.25, -0.2) is 22.2 Å². The summed E-state index contributed by atoms with van der Waals surface area (Å²) in [6.45, 7) is 1.41. The molecule has 0 aliphatic rings. The molecular weight excluding hydrogens is 332 g/mol. The average molecular weight is 347 g/mol. The largest absolute Gasteiger partial charge is 0.396 e. The van der Waals surface area contributed by atoms with Gasteiger partial charge in [-0.2, -0.15) is 0 Å². The molecule has 0 fully saturated rings. The van der Waals surface area contributed by atoms with Crippen LogP contribution in [0.25, 0.3) is 11.3 Å². The Balaban J connectivity index is 2.22. The topological polar surface area (TPSA) is 67.3 Å². The highest BCUT2D eigenvalue weighted by molar-refractivity contribution is 7.90. The van der Waals surface area contributed by atoms with Gasteiger partial charge in [-0.15, -0.1) is 11.3 Å². The van der Waals surface area contributed by atoms with Crippen molar-refractivity contribution in [2.75, 3.05) is 12.4 Å². The number of halogens is 2. The van der Waals surface area contributed by atoms with E-state index in [1.54, 1.807) is 6.92 Å². The maximum absolute atomic E-state index is 13.7. The predicted molar refractivity (Wildman–Crippen MR) is 81.2 cm³/mol. The summed E-state index contributed by atoms with van der Waals surface area (Å²) in [6.07, 6.45) is 0. The molecule has 1 N–H and O–H groups in total. The Morgan fingerprint density at radius 3 is 2.55 bits per heavy atom. The third-order valence-corrected chi connectivity index (χ3v) is 5.79. The van der Waals surface area contributed by atoms with Gasteiger partial charge in [-0.1, -0.05) is 13.0 Å². The van der Waals surface area contributed by atoms with E-state index in [-0.39, 0.29) is 40.3 Å². The summed E-state index contributed by atoms with van der Waals surface area (Å²) in [5, 5.41) is 10.6. The number of thiazole rings is 1. The number of aliphatic hydroxyl groups is 1. The lowest BCUT2D eigenvalue weighted by molar-refractivity contribution is 0.249. The van der Waals surface area contributed by atoms with Crippen molar-refractivity contribution in [3.63, 3.8) is 0 Å². The summed E-state index contributed by atoms with van der Waals surface area (Å²) in [5.74, 6) is -2.32. The summed E-state index contributed by atoms with van der Waals surface area (Å²) in [6, 6.07) is 3.50. The maximum atomic E-state index is 13.7.